The van der Waals surface area contributed by atoms with Crippen molar-refractivity contribution >= 4 is 17.8 Å². The molecule has 0 N–H and O–H groups in total. The maximum absolute atomic E-state index is 13.3. The predicted octanol–water partition coefficient (Wildman–Crippen LogP) is 5.69. The molecule has 2 aromatic carbocycles. The van der Waals surface area contributed by atoms with Crippen molar-refractivity contribution in [3.63, 3.8) is 0 Å². The second-order valence-corrected chi connectivity index (χ2v) is 9.49. The quantitative estimate of drug-likeness (QED) is 0.366. The molecular formula is C28H33NO4. The van der Waals surface area contributed by atoms with Crippen LogP contribution in [0.2, 0.25) is 0 Å². The molecular weight excluding hydrogens is 414 g/mol. The van der Waals surface area contributed by atoms with Crippen LogP contribution in [0.3, 0.4) is 0 Å². The number of hydrogen-bond donors (Lipinski definition) is 0. The smallest absolute Gasteiger partial charge is 0.341 e. The van der Waals surface area contributed by atoms with Gasteiger partial charge in [0.15, 0.2) is 11.4 Å². The lowest BCUT2D eigenvalue weighted by molar-refractivity contribution is -0.141. The van der Waals surface area contributed by atoms with E-state index in [1.165, 1.54) is 6.08 Å². The van der Waals surface area contributed by atoms with Gasteiger partial charge >= 0.3 is 11.9 Å². The first kappa shape index (κ1) is 24.4. The first-order valence-electron chi connectivity index (χ1n) is 11.5. The summed E-state index contributed by atoms with van der Waals surface area (Å²) >= 11 is 0. The van der Waals surface area contributed by atoms with Crippen molar-refractivity contribution in [2.24, 2.45) is 16.3 Å². The van der Waals surface area contributed by atoms with Crippen LogP contribution in [-0.2, 0) is 32.1 Å². The molecule has 0 aromatic heterocycles. The fourth-order valence-corrected chi connectivity index (χ4v) is 3.91. The van der Waals surface area contributed by atoms with Crippen LogP contribution >= 0.6 is 0 Å². The molecule has 0 unspecified atom stereocenters. The second-order valence-electron chi connectivity index (χ2n) is 9.49. The third-order valence-corrected chi connectivity index (χ3v) is 5.70. The van der Waals surface area contributed by atoms with Gasteiger partial charge in [-0.1, -0.05) is 101 Å². The molecule has 1 aliphatic heterocycles. The minimum absolute atomic E-state index is 0.200. The van der Waals surface area contributed by atoms with Gasteiger partial charge in [0.25, 0.3) is 0 Å². The van der Waals surface area contributed by atoms with Crippen LogP contribution in [0.4, 0.5) is 0 Å². The Kier molecular flexibility index (Phi) is 7.85. The van der Waals surface area contributed by atoms with E-state index in [0.717, 1.165) is 17.5 Å². The van der Waals surface area contributed by atoms with Crippen LogP contribution in [0.15, 0.2) is 77.8 Å². The summed E-state index contributed by atoms with van der Waals surface area (Å²) in [5.74, 6) is -0.679. The van der Waals surface area contributed by atoms with Gasteiger partial charge < -0.3 is 9.47 Å². The van der Waals surface area contributed by atoms with E-state index < -0.39 is 16.9 Å². The predicted molar refractivity (Wildman–Crippen MR) is 130 cm³/mol. The third-order valence-electron chi connectivity index (χ3n) is 5.70. The highest BCUT2D eigenvalue weighted by molar-refractivity contribution is 6.02. The molecule has 5 heteroatoms. The fourth-order valence-electron chi connectivity index (χ4n) is 3.91. The first-order chi connectivity index (χ1) is 15.7. The normalized spacial score (nSPS) is 19.3. The molecule has 0 bridgehead atoms. The zero-order chi connectivity index (χ0) is 23.9. The van der Waals surface area contributed by atoms with Gasteiger partial charge in [0.05, 0.1) is 0 Å². The number of carbonyl (C=O) groups is 2. The van der Waals surface area contributed by atoms with E-state index in [2.05, 4.69) is 6.92 Å². The van der Waals surface area contributed by atoms with Gasteiger partial charge in [-0.25, -0.2) is 14.6 Å². The zero-order valence-corrected chi connectivity index (χ0v) is 19.9. The van der Waals surface area contributed by atoms with Crippen molar-refractivity contribution in [1.29, 1.82) is 0 Å². The minimum Gasteiger partial charge on any atom is -0.458 e. The minimum atomic E-state index is -1.11. The molecule has 2 aromatic rings. The Morgan fingerprint density at radius 3 is 2.21 bits per heavy atom. The number of hydrogen-bond acceptors (Lipinski definition) is 5. The molecule has 0 saturated carbocycles. The summed E-state index contributed by atoms with van der Waals surface area (Å²) in [6.07, 6.45) is 5.12. The number of cyclic esters (lactones) is 1. The van der Waals surface area contributed by atoms with E-state index >= 15 is 0 Å². The number of aliphatic imine (C=N–C) groups is 1. The van der Waals surface area contributed by atoms with Gasteiger partial charge in [-0.2, -0.15) is 0 Å². The van der Waals surface area contributed by atoms with Crippen LogP contribution in [0.5, 0.6) is 0 Å². The van der Waals surface area contributed by atoms with Gasteiger partial charge in [0.1, 0.15) is 6.61 Å². The summed E-state index contributed by atoms with van der Waals surface area (Å²) in [6, 6.07) is 19.3. The highest BCUT2D eigenvalue weighted by Crippen LogP contribution is 2.39. The van der Waals surface area contributed by atoms with Crippen molar-refractivity contribution in [2.75, 3.05) is 0 Å². The molecule has 0 spiro atoms. The van der Waals surface area contributed by atoms with Crippen LogP contribution < -0.4 is 0 Å². The monoisotopic (exact) mass is 447 g/mol. The molecule has 0 radical (unpaired) electrons. The Morgan fingerprint density at radius 2 is 1.67 bits per heavy atom. The Bertz CT molecular complexity index is 1010. The summed E-state index contributed by atoms with van der Waals surface area (Å²) < 4.78 is 11.1. The summed E-state index contributed by atoms with van der Waals surface area (Å²) in [4.78, 5) is 30.7. The lowest BCUT2D eigenvalue weighted by Gasteiger charge is -2.29. The maximum Gasteiger partial charge on any atom is 0.341 e. The van der Waals surface area contributed by atoms with E-state index in [-0.39, 0.29) is 18.5 Å². The molecule has 0 aliphatic carbocycles. The molecule has 3 rings (SSSR count). The Labute approximate surface area is 196 Å². The third kappa shape index (κ3) is 6.19. The Morgan fingerprint density at radius 1 is 1.06 bits per heavy atom. The van der Waals surface area contributed by atoms with Crippen molar-refractivity contribution in [3.05, 3.63) is 83.9 Å². The average molecular weight is 448 g/mol. The summed E-state index contributed by atoms with van der Waals surface area (Å²) in [5.41, 5.74) is 0.401. The molecule has 0 fully saturated rings. The fraction of sp³-hybridized carbons (Fsp3) is 0.393. The summed E-state index contributed by atoms with van der Waals surface area (Å²) in [6.45, 7) is 8.18. The molecule has 2 atom stereocenters. The SMILES string of the molecule is CCC[C@@H](/C=C/C(=O)OCc1ccccc1)[C@@]1(Cc2ccccc2)N=C(C(C)(C)C)OC1=O. The van der Waals surface area contributed by atoms with Gasteiger partial charge in [0, 0.05) is 23.8 Å². The average Bonchev–Trinajstić information content (AvgIpc) is 3.14. The molecule has 1 aliphatic rings. The summed E-state index contributed by atoms with van der Waals surface area (Å²) in [7, 11) is 0. The van der Waals surface area contributed by atoms with Crippen LogP contribution in [0.1, 0.15) is 51.7 Å². The van der Waals surface area contributed by atoms with Crippen molar-refractivity contribution in [3.8, 4) is 0 Å². The van der Waals surface area contributed by atoms with Crippen LogP contribution in [0, 0.1) is 11.3 Å². The second kappa shape index (κ2) is 10.6. The molecule has 5 nitrogen and oxygen atoms in total. The molecule has 0 amide bonds. The number of carbonyl (C=O) groups excluding carboxylic acids is 2. The largest absolute Gasteiger partial charge is 0.458 e. The number of benzene rings is 2. The molecule has 1 heterocycles. The van der Waals surface area contributed by atoms with Crippen molar-refractivity contribution in [2.45, 2.75) is 59.1 Å². The highest BCUT2D eigenvalue weighted by Gasteiger charge is 2.52. The Hall–Kier alpha value is -3.21. The number of esters is 2. The van der Waals surface area contributed by atoms with Crippen LogP contribution in [-0.4, -0.2) is 23.4 Å². The first-order valence-corrected chi connectivity index (χ1v) is 11.5. The van der Waals surface area contributed by atoms with Gasteiger partial charge in [-0.05, 0) is 17.5 Å². The highest BCUT2D eigenvalue weighted by atomic mass is 16.6. The zero-order valence-electron chi connectivity index (χ0n) is 19.9. The standard InChI is InChI=1S/C28H33NO4/c1-5-12-23(17-18-24(30)32-20-22-15-10-7-11-16-22)28(19-21-13-8-6-9-14-21)26(31)33-25(29-28)27(2,3)4/h6-11,13-18,23H,5,12,19-20H2,1-4H3/b18-17+/t23-,28+/m0/s1. The van der Waals surface area contributed by atoms with E-state index in [1.807, 2.05) is 81.4 Å². The molecule has 174 valence electrons. The van der Waals surface area contributed by atoms with E-state index in [0.29, 0.717) is 18.7 Å². The van der Waals surface area contributed by atoms with Crippen LogP contribution in [0.25, 0.3) is 0 Å². The van der Waals surface area contributed by atoms with Gasteiger partial charge in [-0.3, -0.25) is 0 Å². The van der Waals surface area contributed by atoms with E-state index in [4.69, 9.17) is 14.5 Å². The van der Waals surface area contributed by atoms with E-state index in [9.17, 15) is 9.59 Å². The lowest BCUT2D eigenvalue weighted by atomic mass is 9.77. The summed E-state index contributed by atoms with van der Waals surface area (Å²) in [5, 5.41) is 0. The topological polar surface area (TPSA) is 65.0 Å². The lowest BCUT2D eigenvalue weighted by Crippen LogP contribution is -2.43. The number of rotatable bonds is 9. The Balaban J connectivity index is 1.88. The van der Waals surface area contributed by atoms with Gasteiger partial charge in [-0.15, -0.1) is 0 Å². The van der Waals surface area contributed by atoms with Crippen molar-refractivity contribution in [1.82, 2.24) is 0 Å². The number of ether oxygens (including phenoxy) is 2. The van der Waals surface area contributed by atoms with Crippen molar-refractivity contribution < 1.29 is 19.1 Å². The van der Waals surface area contributed by atoms with E-state index in [1.54, 1.807) is 6.08 Å². The molecule has 0 saturated heterocycles. The molecule has 33 heavy (non-hydrogen) atoms. The number of nitrogens with zero attached hydrogens (tertiary/aromatic N) is 1. The maximum atomic E-state index is 13.3. The van der Waals surface area contributed by atoms with Gasteiger partial charge in [0.2, 0.25) is 0 Å².